The van der Waals surface area contributed by atoms with Crippen LogP contribution in [0.15, 0.2) is 54.6 Å². The number of benzene rings is 2. The molecule has 0 spiro atoms. The van der Waals surface area contributed by atoms with Gasteiger partial charge in [-0.15, -0.1) is 0 Å². The van der Waals surface area contributed by atoms with Crippen LogP contribution < -0.4 is 16.0 Å². The van der Waals surface area contributed by atoms with Gasteiger partial charge in [-0.25, -0.2) is 4.79 Å². The van der Waals surface area contributed by atoms with Gasteiger partial charge in [-0.05, 0) is 37.6 Å². The Morgan fingerprint density at radius 3 is 2.30 bits per heavy atom. The predicted octanol–water partition coefficient (Wildman–Crippen LogP) is 3.86. The fraction of sp³-hybridized carbons (Fsp3) is 0.222. The topological polar surface area (TPSA) is 70.2 Å². The molecular formula is C18H21N3O2. The molecule has 3 amide bonds. The second kappa shape index (κ2) is 7.98. The van der Waals surface area contributed by atoms with E-state index in [1.807, 2.05) is 32.0 Å². The fourth-order valence-corrected chi connectivity index (χ4v) is 2.00. The van der Waals surface area contributed by atoms with Crippen LogP contribution in [-0.4, -0.2) is 18.0 Å². The second-order valence-electron chi connectivity index (χ2n) is 5.27. The molecule has 0 saturated carbocycles. The Kier molecular flexibility index (Phi) is 5.74. The Labute approximate surface area is 136 Å². The standard InChI is InChI=1S/C18H21N3O2/c1-3-13(2)19-17(22)15-11-7-8-12-16(15)21-18(23)20-14-9-5-4-6-10-14/h4-13H,3H2,1-2H3,(H,19,22)(H2,20,21,23)/t13-/m1/s1. The zero-order chi connectivity index (χ0) is 16.7. The summed E-state index contributed by atoms with van der Waals surface area (Å²) in [5.41, 5.74) is 1.60. The lowest BCUT2D eigenvalue weighted by atomic mass is 10.1. The van der Waals surface area contributed by atoms with E-state index < -0.39 is 0 Å². The number of carbonyl (C=O) groups is 2. The van der Waals surface area contributed by atoms with Crippen LogP contribution in [0, 0.1) is 0 Å². The van der Waals surface area contributed by atoms with E-state index in [0.29, 0.717) is 16.9 Å². The van der Waals surface area contributed by atoms with Crippen molar-refractivity contribution in [2.75, 3.05) is 10.6 Å². The summed E-state index contributed by atoms with van der Waals surface area (Å²) in [7, 11) is 0. The minimum absolute atomic E-state index is 0.0775. The van der Waals surface area contributed by atoms with E-state index >= 15 is 0 Å². The number of hydrogen-bond donors (Lipinski definition) is 3. The molecule has 5 heteroatoms. The largest absolute Gasteiger partial charge is 0.350 e. The van der Waals surface area contributed by atoms with Gasteiger partial charge < -0.3 is 16.0 Å². The average Bonchev–Trinajstić information content (AvgIpc) is 2.56. The number of rotatable bonds is 5. The lowest BCUT2D eigenvalue weighted by Gasteiger charge is -2.15. The van der Waals surface area contributed by atoms with Gasteiger partial charge >= 0.3 is 6.03 Å². The normalized spacial score (nSPS) is 11.4. The molecule has 23 heavy (non-hydrogen) atoms. The van der Waals surface area contributed by atoms with Crippen molar-refractivity contribution in [3.05, 3.63) is 60.2 Å². The van der Waals surface area contributed by atoms with E-state index in [2.05, 4.69) is 16.0 Å². The van der Waals surface area contributed by atoms with Gasteiger partial charge in [-0.1, -0.05) is 37.3 Å². The highest BCUT2D eigenvalue weighted by Gasteiger charge is 2.14. The van der Waals surface area contributed by atoms with Crippen LogP contribution in [0.2, 0.25) is 0 Å². The highest BCUT2D eigenvalue weighted by Crippen LogP contribution is 2.16. The van der Waals surface area contributed by atoms with Gasteiger partial charge in [0.15, 0.2) is 0 Å². The molecule has 0 aromatic heterocycles. The number of hydrogen-bond acceptors (Lipinski definition) is 2. The van der Waals surface area contributed by atoms with E-state index in [9.17, 15) is 9.59 Å². The first-order chi connectivity index (χ1) is 11.1. The number of carbonyl (C=O) groups excluding carboxylic acids is 2. The summed E-state index contributed by atoms with van der Waals surface area (Å²) in [5.74, 6) is -0.199. The van der Waals surface area contributed by atoms with Gasteiger partial charge in [0.2, 0.25) is 0 Å². The molecular weight excluding hydrogens is 290 g/mol. The third kappa shape index (κ3) is 4.85. The van der Waals surface area contributed by atoms with Gasteiger partial charge in [-0.2, -0.15) is 0 Å². The maximum absolute atomic E-state index is 12.3. The van der Waals surface area contributed by atoms with Crippen molar-refractivity contribution in [3.8, 4) is 0 Å². The van der Waals surface area contributed by atoms with E-state index in [-0.39, 0.29) is 18.0 Å². The summed E-state index contributed by atoms with van der Waals surface area (Å²) < 4.78 is 0. The highest BCUT2D eigenvalue weighted by molar-refractivity contribution is 6.06. The third-order valence-electron chi connectivity index (χ3n) is 3.44. The Morgan fingerprint density at radius 1 is 0.957 bits per heavy atom. The quantitative estimate of drug-likeness (QED) is 0.784. The van der Waals surface area contributed by atoms with Gasteiger partial charge in [0, 0.05) is 11.7 Å². The minimum Gasteiger partial charge on any atom is -0.350 e. The fourth-order valence-electron chi connectivity index (χ4n) is 2.00. The predicted molar refractivity (Wildman–Crippen MR) is 92.7 cm³/mol. The zero-order valence-electron chi connectivity index (χ0n) is 13.3. The van der Waals surface area contributed by atoms with Crippen LogP contribution in [0.4, 0.5) is 16.2 Å². The molecule has 0 aliphatic heterocycles. The van der Waals surface area contributed by atoms with Gasteiger partial charge in [-0.3, -0.25) is 4.79 Å². The van der Waals surface area contributed by atoms with Crippen LogP contribution in [0.25, 0.3) is 0 Å². The summed E-state index contributed by atoms with van der Waals surface area (Å²) in [6.07, 6.45) is 0.843. The molecule has 2 aromatic rings. The number of urea groups is 1. The van der Waals surface area contributed by atoms with Crippen LogP contribution in [0.5, 0.6) is 0 Å². The van der Waals surface area contributed by atoms with Crippen molar-refractivity contribution in [2.45, 2.75) is 26.3 Å². The first kappa shape index (κ1) is 16.5. The molecule has 0 radical (unpaired) electrons. The molecule has 0 aliphatic carbocycles. The van der Waals surface area contributed by atoms with Gasteiger partial charge in [0.05, 0.1) is 11.3 Å². The molecule has 120 valence electrons. The minimum atomic E-state index is -0.389. The average molecular weight is 311 g/mol. The molecule has 0 aliphatic rings. The van der Waals surface area contributed by atoms with Gasteiger partial charge in [0.25, 0.3) is 5.91 Å². The van der Waals surface area contributed by atoms with Crippen LogP contribution >= 0.6 is 0 Å². The van der Waals surface area contributed by atoms with Crippen molar-refractivity contribution in [2.24, 2.45) is 0 Å². The Hall–Kier alpha value is -2.82. The van der Waals surface area contributed by atoms with E-state index in [1.165, 1.54) is 0 Å². The lowest BCUT2D eigenvalue weighted by Crippen LogP contribution is -2.33. The molecule has 5 nitrogen and oxygen atoms in total. The monoisotopic (exact) mass is 311 g/mol. The SMILES string of the molecule is CC[C@@H](C)NC(=O)c1ccccc1NC(=O)Nc1ccccc1. The smallest absolute Gasteiger partial charge is 0.323 e. The third-order valence-corrected chi connectivity index (χ3v) is 3.44. The molecule has 0 fully saturated rings. The molecule has 3 N–H and O–H groups in total. The first-order valence-corrected chi connectivity index (χ1v) is 7.63. The maximum Gasteiger partial charge on any atom is 0.323 e. The van der Waals surface area contributed by atoms with Crippen LogP contribution in [0.1, 0.15) is 30.6 Å². The number of amides is 3. The molecule has 0 unspecified atom stereocenters. The molecule has 1 atom stereocenters. The molecule has 2 aromatic carbocycles. The summed E-state index contributed by atoms with van der Waals surface area (Å²) in [6.45, 7) is 3.94. The van der Waals surface area contributed by atoms with Crippen molar-refractivity contribution >= 4 is 23.3 Å². The Balaban J connectivity index is 2.08. The summed E-state index contributed by atoms with van der Waals surface area (Å²) in [4.78, 5) is 24.4. The zero-order valence-corrected chi connectivity index (χ0v) is 13.3. The molecule has 0 bridgehead atoms. The van der Waals surface area contributed by atoms with Crippen molar-refractivity contribution in [1.82, 2.24) is 5.32 Å². The number of anilines is 2. The van der Waals surface area contributed by atoms with E-state index in [0.717, 1.165) is 6.42 Å². The van der Waals surface area contributed by atoms with E-state index in [4.69, 9.17) is 0 Å². The van der Waals surface area contributed by atoms with Crippen molar-refractivity contribution < 1.29 is 9.59 Å². The summed E-state index contributed by atoms with van der Waals surface area (Å²) >= 11 is 0. The van der Waals surface area contributed by atoms with E-state index in [1.54, 1.807) is 36.4 Å². The molecule has 0 heterocycles. The lowest BCUT2D eigenvalue weighted by molar-refractivity contribution is 0.0940. The molecule has 0 saturated heterocycles. The van der Waals surface area contributed by atoms with Crippen molar-refractivity contribution in [3.63, 3.8) is 0 Å². The summed E-state index contributed by atoms with van der Waals surface area (Å²) in [5, 5.41) is 8.35. The Morgan fingerprint density at radius 2 is 1.61 bits per heavy atom. The van der Waals surface area contributed by atoms with Crippen LogP contribution in [0.3, 0.4) is 0 Å². The highest BCUT2D eigenvalue weighted by atomic mass is 16.2. The molecule has 2 rings (SSSR count). The maximum atomic E-state index is 12.3. The first-order valence-electron chi connectivity index (χ1n) is 7.63. The Bertz CT molecular complexity index is 671. The van der Waals surface area contributed by atoms with Crippen LogP contribution in [-0.2, 0) is 0 Å². The van der Waals surface area contributed by atoms with Crippen molar-refractivity contribution in [1.29, 1.82) is 0 Å². The number of para-hydroxylation sites is 2. The number of nitrogens with one attached hydrogen (secondary N) is 3. The summed E-state index contributed by atoms with van der Waals surface area (Å²) in [6, 6.07) is 15.8. The second-order valence-corrected chi connectivity index (χ2v) is 5.27. The van der Waals surface area contributed by atoms with Gasteiger partial charge in [0.1, 0.15) is 0 Å².